The third-order valence-corrected chi connectivity index (χ3v) is 3.82. The normalized spacial score (nSPS) is 20.0. The van der Waals surface area contributed by atoms with Gasteiger partial charge >= 0.3 is 6.03 Å². The van der Waals surface area contributed by atoms with Gasteiger partial charge in [-0.3, -0.25) is 4.84 Å². The highest BCUT2D eigenvalue weighted by atomic mass is 16.7. The van der Waals surface area contributed by atoms with Crippen LogP contribution in [0.15, 0.2) is 30.3 Å². The van der Waals surface area contributed by atoms with Crippen LogP contribution in [0.4, 0.5) is 4.79 Å². The highest BCUT2D eigenvalue weighted by molar-refractivity contribution is 5.77. The van der Waals surface area contributed by atoms with Gasteiger partial charge in [0, 0.05) is 7.05 Å². The summed E-state index contributed by atoms with van der Waals surface area (Å²) in [4.78, 5) is 21.4. The zero-order valence-electron chi connectivity index (χ0n) is 11.6. The second-order valence-corrected chi connectivity index (χ2v) is 5.29. The van der Waals surface area contributed by atoms with Crippen molar-refractivity contribution in [2.45, 2.75) is 19.2 Å². The van der Waals surface area contributed by atoms with Gasteiger partial charge in [0.1, 0.15) is 24.0 Å². The first kappa shape index (κ1) is 12.3. The number of nitrogens with zero attached hydrogens (tertiary/aromatic N) is 5. The summed E-state index contributed by atoms with van der Waals surface area (Å²) in [7, 11) is 1.79. The molecule has 0 radical (unpaired) electrons. The summed E-state index contributed by atoms with van der Waals surface area (Å²) in [6, 6.07) is 9.52. The first-order chi connectivity index (χ1) is 10.2. The van der Waals surface area contributed by atoms with Crippen LogP contribution < -0.4 is 0 Å². The molecule has 0 saturated carbocycles. The number of hydrogen-bond acceptors (Lipinski definition) is 4. The Balaban J connectivity index is 1.57. The number of carbonyl (C=O) groups excluding carboxylic acids is 1. The monoisotopic (exact) mass is 285 g/mol. The predicted octanol–water partition coefficient (Wildman–Crippen LogP) is 1.24. The molecule has 0 spiro atoms. The molecule has 21 heavy (non-hydrogen) atoms. The van der Waals surface area contributed by atoms with E-state index in [-0.39, 0.29) is 12.1 Å². The molecule has 7 nitrogen and oxygen atoms in total. The number of fused-ring (bicyclic) bond motifs is 4. The molecule has 0 aliphatic carbocycles. The van der Waals surface area contributed by atoms with Crippen molar-refractivity contribution >= 4 is 6.03 Å². The van der Waals surface area contributed by atoms with Gasteiger partial charge in [-0.1, -0.05) is 30.3 Å². The molecule has 3 heterocycles. The van der Waals surface area contributed by atoms with Crippen LogP contribution in [0.1, 0.15) is 23.0 Å². The van der Waals surface area contributed by atoms with Crippen molar-refractivity contribution in [3.8, 4) is 0 Å². The summed E-state index contributed by atoms with van der Waals surface area (Å²) in [5, 5.41) is 10.1. The minimum Gasteiger partial charge on any atom is -0.314 e. The topological polar surface area (TPSA) is 63.5 Å². The lowest BCUT2D eigenvalue weighted by Gasteiger charge is -2.20. The first-order valence-electron chi connectivity index (χ1n) is 6.87. The Morgan fingerprint density at radius 3 is 2.90 bits per heavy atom. The van der Waals surface area contributed by atoms with Crippen LogP contribution in [-0.4, -0.2) is 37.5 Å². The van der Waals surface area contributed by atoms with Gasteiger partial charge in [-0.2, -0.15) is 20.1 Å². The van der Waals surface area contributed by atoms with Gasteiger partial charge in [-0.05, 0) is 5.56 Å². The Bertz CT molecular complexity index is 684. The summed E-state index contributed by atoms with van der Waals surface area (Å²) >= 11 is 0. The molecule has 7 heteroatoms. The average molecular weight is 285 g/mol. The molecule has 2 aromatic rings. The Hall–Kier alpha value is -2.41. The molecule has 108 valence electrons. The molecule has 1 atom stereocenters. The number of hydroxylamine groups is 2. The van der Waals surface area contributed by atoms with Crippen molar-refractivity contribution in [1.29, 1.82) is 0 Å². The van der Waals surface area contributed by atoms with E-state index in [1.54, 1.807) is 16.7 Å². The molecular formula is C14H15N5O2. The fourth-order valence-corrected chi connectivity index (χ4v) is 2.84. The summed E-state index contributed by atoms with van der Waals surface area (Å²) in [6.07, 6.45) is 0. The highest BCUT2D eigenvalue weighted by Gasteiger charge is 2.46. The molecule has 1 aromatic carbocycles. The van der Waals surface area contributed by atoms with Crippen molar-refractivity contribution in [3.05, 3.63) is 47.3 Å². The van der Waals surface area contributed by atoms with E-state index in [1.165, 1.54) is 5.06 Å². The zero-order chi connectivity index (χ0) is 14.4. The molecule has 0 N–H and O–H groups in total. The van der Waals surface area contributed by atoms with Gasteiger partial charge in [0.2, 0.25) is 0 Å². The van der Waals surface area contributed by atoms with Gasteiger partial charge in [-0.25, -0.2) is 4.79 Å². The standard InChI is InChI=1S/C14H15N5O2/c1-17-15-11-7-18-8-12(13(11)16-17)19(14(18)20)21-9-10-5-3-2-4-6-10/h2-6,12H,7-9H2,1H3. The molecule has 2 aliphatic heterocycles. The summed E-state index contributed by atoms with van der Waals surface area (Å²) in [6.45, 7) is 1.48. The fraction of sp³-hybridized carbons (Fsp3) is 0.357. The molecule has 1 aromatic heterocycles. The maximum atomic E-state index is 12.3. The molecular weight excluding hydrogens is 270 g/mol. The van der Waals surface area contributed by atoms with Crippen molar-refractivity contribution in [2.75, 3.05) is 6.54 Å². The molecule has 1 fully saturated rings. The Labute approximate surface area is 121 Å². The van der Waals surface area contributed by atoms with Gasteiger partial charge in [0.25, 0.3) is 0 Å². The van der Waals surface area contributed by atoms with Crippen LogP contribution in [0.25, 0.3) is 0 Å². The average Bonchev–Trinajstić information content (AvgIpc) is 2.99. The van der Waals surface area contributed by atoms with Crippen LogP contribution in [0.2, 0.25) is 0 Å². The largest absolute Gasteiger partial charge is 0.345 e. The Morgan fingerprint density at radius 1 is 1.29 bits per heavy atom. The molecule has 1 unspecified atom stereocenters. The number of amides is 2. The number of benzene rings is 1. The van der Waals surface area contributed by atoms with E-state index in [2.05, 4.69) is 10.2 Å². The number of aromatic nitrogens is 3. The number of aryl methyl sites for hydroxylation is 1. The lowest BCUT2D eigenvalue weighted by atomic mass is 10.1. The van der Waals surface area contributed by atoms with E-state index in [0.717, 1.165) is 17.0 Å². The van der Waals surface area contributed by atoms with E-state index in [9.17, 15) is 4.79 Å². The minimum atomic E-state index is -0.168. The van der Waals surface area contributed by atoms with Crippen molar-refractivity contribution in [2.24, 2.45) is 7.05 Å². The lowest BCUT2D eigenvalue weighted by molar-refractivity contribution is -0.142. The van der Waals surface area contributed by atoms with E-state index in [1.807, 2.05) is 30.3 Å². The SMILES string of the molecule is Cn1nc2c(n1)C1CN(C2)C(=O)N1OCc1ccccc1. The summed E-state index contributed by atoms with van der Waals surface area (Å²) in [5.74, 6) is 0. The van der Waals surface area contributed by atoms with Crippen LogP contribution in [0, 0.1) is 0 Å². The number of hydrogen-bond donors (Lipinski definition) is 0. The van der Waals surface area contributed by atoms with Crippen molar-refractivity contribution in [3.63, 3.8) is 0 Å². The van der Waals surface area contributed by atoms with Gasteiger partial charge in [0.05, 0.1) is 13.1 Å². The van der Waals surface area contributed by atoms with Crippen LogP contribution in [0.3, 0.4) is 0 Å². The quantitative estimate of drug-likeness (QED) is 0.851. The van der Waals surface area contributed by atoms with E-state index in [4.69, 9.17) is 4.84 Å². The molecule has 1 saturated heterocycles. The summed E-state index contributed by atoms with van der Waals surface area (Å²) in [5.41, 5.74) is 2.72. The van der Waals surface area contributed by atoms with Gasteiger partial charge < -0.3 is 4.90 Å². The Kier molecular flexibility index (Phi) is 2.68. The van der Waals surface area contributed by atoms with E-state index in [0.29, 0.717) is 19.7 Å². The number of urea groups is 1. The van der Waals surface area contributed by atoms with Gasteiger partial charge in [-0.15, -0.1) is 0 Å². The summed E-state index contributed by atoms with van der Waals surface area (Å²) < 4.78 is 0. The van der Waals surface area contributed by atoms with Crippen molar-refractivity contribution in [1.82, 2.24) is 25.0 Å². The first-order valence-corrected chi connectivity index (χ1v) is 6.87. The second-order valence-electron chi connectivity index (χ2n) is 5.29. The fourth-order valence-electron chi connectivity index (χ4n) is 2.84. The molecule has 2 bridgehead atoms. The van der Waals surface area contributed by atoms with E-state index >= 15 is 0 Å². The second kappa shape index (κ2) is 4.56. The molecule has 2 aliphatic rings. The zero-order valence-corrected chi connectivity index (χ0v) is 11.6. The Morgan fingerprint density at radius 2 is 2.10 bits per heavy atom. The minimum absolute atomic E-state index is 0.113. The maximum absolute atomic E-state index is 12.3. The van der Waals surface area contributed by atoms with Crippen LogP contribution in [0.5, 0.6) is 0 Å². The molecule has 4 rings (SSSR count). The smallest absolute Gasteiger partial charge is 0.314 e. The van der Waals surface area contributed by atoms with Crippen molar-refractivity contribution < 1.29 is 9.63 Å². The van der Waals surface area contributed by atoms with Crippen LogP contribution >= 0.6 is 0 Å². The lowest BCUT2D eigenvalue weighted by Crippen LogP contribution is -2.30. The third kappa shape index (κ3) is 1.97. The number of rotatable bonds is 3. The predicted molar refractivity (Wildman–Crippen MR) is 72.6 cm³/mol. The third-order valence-electron chi connectivity index (χ3n) is 3.82. The highest BCUT2D eigenvalue weighted by Crippen LogP contribution is 2.36. The molecule has 2 amide bonds. The van der Waals surface area contributed by atoms with Crippen LogP contribution in [-0.2, 0) is 25.0 Å². The van der Waals surface area contributed by atoms with Gasteiger partial charge in [0.15, 0.2) is 0 Å². The number of carbonyl (C=O) groups is 1. The maximum Gasteiger partial charge on any atom is 0.345 e. The van der Waals surface area contributed by atoms with E-state index < -0.39 is 0 Å².